The number of rotatable bonds is 4. The van der Waals surface area contributed by atoms with Gasteiger partial charge in [0.15, 0.2) is 0 Å². The Kier molecular flexibility index (Phi) is 4.31. The molecule has 4 rings (SSSR count). The number of likely N-dealkylation sites (tertiary alicyclic amines) is 1. The fraction of sp³-hybridized carbons (Fsp3) is 0.278. The Morgan fingerprint density at radius 3 is 3.04 bits per heavy atom. The normalized spacial score (nSPS) is 17.2. The van der Waals surface area contributed by atoms with Crippen LogP contribution in [-0.4, -0.2) is 27.3 Å². The van der Waals surface area contributed by atoms with Gasteiger partial charge in [-0.25, -0.2) is 9.37 Å². The van der Waals surface area contributed by atoms with E-state index >= 15 is 0 Å². The van der Waals surface area contributed by atoms with Gasteiger partial charge in [-0.3, -0.25) is 9.78 Å². The van der Waals surface area contributed by atoms with E-state index in [0.717, 1.165) is 12.8 Å². The Bertz CT molecular complexity index is 878. The minimum atomic E-state index is -0.261. The van der Waals surface area contributed by atoms with Gasteiger partial charge in [0.05, 0.1) is 17.9 Å². The second kappa shape index (κ2) is 6.76. The summed E-state index contributed by atoms with van der Waals surface area (Å²) in [5.74, 6) is 0.807. The zero-order chi connectivity index (χ0) is 17.2. The number of hydrogen-bond acceptors (Lipinski definition) is 5. The number of aromatic nitrogens is 2. The summed E-state index contributed by atoms with van der Waals surface area (Å²) in [5, 5.41) is 0. The molecule has 25 heavy (non-hydrogen) atoms. The van der Waals surface area contributed by atoms with E-state index in [4.69, 9.17) is 4.42 Å². The Morgan fingerprint density at radius 1 is 1.36 bits per heavy atom. The first-order chi connectivity index (χ1) is 12.2. The van der Waals surface area contributed by atoms with Gasteiger partial charge in [-0.1, -0.05) is 18.2 Å². The minimum absolute atomic E-state index is 0.0427. The van der Waals surface area contributed by atoms with Crippen LogP contribution >= 0.6 is 11.3 Å². The maximum absolute atomic E-state index is 13.8. The monoisotopic (exact) mass is 357 g/mol. The smallest absolute Gasteiger partial charge is 0.266 e. The van der Waals surface area contributed by atoms with Crippen molar-refractivity contribution in [3.05, 3.63) is 70.1 Å². The third-order valence-electron chi connectivity index (χ3n) is 4.34. The highest BCUT2D eigenvalue weighted by atomic mass is 32.1. The van der Waals surface area contributed by atoms with Crippen molar-refractivity contribution >= 4 is 17.2 Å². The zero-order valence-electron chi connectivity index (χ0n) is 13.4. The number of hydrogen-bond donors (Lipinski definition) is 0. The molecule has 128 valence electrons. The third kappa shape index (κ3) is 3.19. The van der Waals surface area contributed by atoms with Crippen LogP contribution in [0.1, 0.15) is 45.8 Å². The first-order valence-electron chi connectivity index (χ1n) is 8.10. The highest BCUT2D eigenvalue weighted by molar-refractivity contribution is 7.11. The number of amides is 1. The summed E-state index contributed by atoms with van der Waals surface area (Å²) in [6.45, 7) is 0.673. The van der Waals surface area contributed by atoms with E-state index in [-0.39, 0.29) is 17.8 Å². The standard InChI is InChI=1S/C18H16FN3O2S/c19-14-5-2-1-4-12(14)8-13-9-21-17(24-13)15-6-3-7-22(15)18(23)16-10-20-11-25-16/h1-2,4-5,9-11,15H,3,6-8H2. The molecule has 5 nitrogen and oxygen atoms in total. The third-order valence-corrected chi connectivity index (χ3v) is 5.10. The van der Waals surface area contributed by atoms with Crippen LogP contribution in [0.4, 0.5) is 4.39 Å². The maximum atomic E-state index is 13.8. The first-order valence-corrected chi connectivity index (χ1v) is 8.98. The lowest BCUT2D eigenvalue weighted by Crippen LogP contribution is -2.30. The predicted molar refractivity (Wildman–Crippen MR) is 90.8 cm³/mol. The Labute approximate surface area is 148 Å². The Morgan fingerprint density at radius 2 is 2.24 bits per heavy atom. The molecular formula is C18H16FN3O2S. The van der Waals surface area contributed by atoms with Crippen molar-refractivity contribution in [1.82, 2.24) is 14.9 Å². The molecule has 1 saturated heterocycles. The SMILES string of the molecule is O=C(c1cncs1)N1CCCC1c1ncc(Cc2ccccc2F)o1. The average molecular weight is 357 g/mol. The van der Waals surface area contributed by atoms with Crippen molar-refractivity contribution < 1.29 is 13.6 Å². The predicted octanol–water partition coefficient (Wildman–Crippen LogP) is 3.84. The highest BCUT2D eigenvalue weighted by Gasteiger charge is 2.34. The van der Waals surface area contributed by atoms with Gasteiger partial charge < -0.3 is 9.32 Å². The lowest BCUT2D eigenvalue weighted by atomic mass is 10.1. The van der Waals surface area contributed by atoms with Gasteiger partial charge >= 0.3 is 0 Å². The zero-order valence-corrected chi connectivity index (χ0v) is 14.2. The topological polar surface area (TPSA) is 59.2 Å². The largest absolute Gasteiger partial charge is 0.443 e. The summed E-state index contributed by atoms with van der Waals surface area (Å²) in [4.78, 5) is 23.3. The van der Waals surface area contributed by atoms with E-state index in [1.807, 2.05) is 0 Å². The van der Waals surface area contributed by atoms with Crippen molar-refractivity contribution in [2.45, 2.75) is 25.3 Å². The van der Waals surface area contributed by atoms with Gasteiger partial charge in [-0.2, -0.15) is 0 Å². The molecule has 0 N–H and O–H groups in total. The van der Waals surface area contributed by atoms with Gasteiger partial charge in [-0.05, 0) is 24.5 Å². The average Bonchev–Trinajstić information content (AvgIpc) is 3.37. The van der Waals surface area contributed by atoms with Crippen LogP contribution in [0.15, 0.2) is 46.6 Å². The molecule has 1 aliphatic heterocycles. The Balaban J connectivity index is 1.53. The second-order valence-corrected chi connectivity index (χ2v) is 6.84. The van der Waals surface area contributed by atoms with E-state index in [9.17, 15) is 9.18 Å². The van der Waals surface area contributed by atoms with Gasteiger partial charge in [0.2, 0.25) is 5.89 Å². The van der Waals surface area contributed by atoms with Crippen molar-refractivity contribution in [3.63, 3.8) is 0 Å². The number of halogens is 1. The molecule has 3 heterocycles. The van der Waals surface area contributed by atoms with E-state index in [1.165, 1.54) is 17.4 Å². The van der Waals surface area contributed by atoms with Crippen LogP contribution < -0.4 is 0 Å². The number of carbonyl (C=O) groups is 1. The summed E-state index contributed by atoms with van der Waals surface area (Å²) in [5.41, 5.74) is 2.21. The number of thiazole rings is 1. The van der Waals surface area contributed by atoms with Gasteiger partial charge in [0, 0.05) is 13.0 Å². The number of benzene rings is 1. The number of nitrogens with zero attached hydrogens (tertiary/aromatic N) is 3. The molecule has 0 saturated carbocycles. The van der Waals surface area contributed by atoms with Crippen LogP contribution in [0.25, 0.3) is 0 Å². The van der Waals surface area contributed by atoms with E-state index in [0.29, 0.717) is 35.1 Å². The van der Waals surface area contributed by atoms with Crippen LogP contribution in [0.3, 0.4) is 0 Å². The van der Waals surface area contributed by atoms with Crippen molar-refractivity contribution in [2.24, 2.45) is 0 Å². The summed E-state index contributed by atoms with van der Waals surface area (Å²) in [6.07, 6.45) is 5.26. The fourth-order valence-corrected chi connectivity index (χ4v) is 3.69. The van der Waals surface area contributed by atoms with E-state index < -0.39 is 0 Å². The Hall–Kier alpha value is -2.54. The number of oxazole rings is 1. The van der Waals surface area contributed by atoms with E-state index in [2.05, 4.69) is 9.97 Å². The van der Waals surface area contributed by atoms with Crippen LogP contribution in [0.2, 0.25) is 0 Å². The van der Waals surface area contributed by atoms with Crippen LogP contribution in [0.5, 0.6) is 0 Å². The fourth-order valence-electron chi connectivity index (χ4n) is 3.12. The highest BCUT2D eigenvalue weighted by Crippen LogP contribution is 2.33. The molecule has 1 aromatic carbocycles. The number of carbonyl (C=O) groups excluding carboxylic acids is 1. The summed E-state index contributed by atoms with van der Waals surface area (Å²) < 4.78 is 19.6. The molecular weight excluding hydrogens is 341 g/mol. The summed E-state index contributed by atoms with van der Waals surface area (Å²) in [7, 11) is 0. The van der Waals surface area contributed by atoms with Crippen molar-refractivity contribution in [3.8, 4) is 0 Å². The minimum Gasteiger partial charge on any atom is -0.443 e. The molecule has 0 aliphatic carbocycles. The second-order valence-electron chi connectivity index (χ2n) is 5.96. The molecule has 0 radical (unpaired) electrons. The molecule has 1 unspecified atom stereocenters. The molecule has 0 bridgehead atoms. The molecule has 1 fully saturated rings. The summed E-state index contributed by atoms with van der Waals surface area (Å²) >= 11 is 1.33. The van der Waals surface area contributed by atoms with Crippen molar-refractivity contribution in [2.75, 3.05) is 6.54 Å². The van der Waals surface area contributed by atoms with Crippen molar-refractivity contribution in [1.29, 1.82) is 0 Å². The summed E-state index contributed by atoms with van der Waals surface area (Å²) in [6, 6.07) is 6.43. The molecule has 1 amide bonds. The maximum Gasteiger partial charge on any atom is 0.266 e. The quantitative estimate of drug-likeness (QED) is 0.712. The molecule has 1 aliphatic rings. The van der Waals surface area contributed by atoms with E-state index in [1.54, 1.807) is 41.0 Å². The first kappa shape index (κ1) is 16.0. The molecule has 7 heteroatoms. The van der Waals surface area contributed by atoms with Gasteiger partial charge in [-0.15, -0.1) is 11.3 Å². The molecule has 2 aromatic heterocycles. The van der Waals surface area contributed by atoms with Crippen LogP contribution in [0, 0.1) is 5.82 Å². The molecule has 0 spiro atoms. The molecule has 3 aromatic rings. The lowest BCUT2D eigenvalue weighted by molar-refractivity contribution is 0.0719. The van der Waals surface area contributed by atoms with Gasteiger partial charge in [0.1, 0.15) is 22.5 Å². The van der Waals surface area contributed by atoms with Crippen LogP contribution in [-0.2, 0) is 6.42 Å². The molecule has 1 atom stereocenters. The van der Waals surface area contributed by atoms with Gasteiger partial charge in [0.25, 0.3) is 5.91 Å². The lowest BCUT2D eigenvalue weighted by Gasteiger charge is -2.21.